The smallest absolute Gasteiger partial charge is 0.137 e. The van der Waals surface area contributed by atoms with Gasteiger partial charge in [0.1, 0.15) is 5.82 Å². The van der Waals surface area contributed by atoms with E-state index in [1.54, 1.807) is 17.8 Å². The summed E-state index contributed by atoms with van der Waals surface area (Å²) < 4.78 is 14.0. The molecule has 1 nitrogen and oxygen atoms in total. The lowest BCUT2D eigenvalue weighted by molar-refractivity contribution is 0.372. The van der Waals surface area contributed by atoms with Crippen LogP contribution in [0.15, 0.2) is 23.1 Å². The third-order valence-corrected chi connectivity index (χ3v) is 5.19. The first-order chi connectivity index (χ1) is 8.81. The topological polar surface area (TPSA) is 12.0 Å². The normalized spacial score (nSPS) is 21.2. The maximum atomic E-state index is 14.0. The minimum atomic E-state index is -0.0154. The number of halogens is 1. The van der Waals surface area contributed by atoms with E-state index in [-0.39, 0.29) is 5.82 Å². The summed E-state index contributed by atoms with van der Waals surface area (Å²) in [7, 11) is 0. The Balaban J connectivity index is 1.63. The Kier molecular flexibility index (Phi) is 3.90. The van der Waals surface area contributed by atoms with Crippen molar-refractivity contribution in [2.45, 2.75) is 42.2 Å². The van der Waals surface area contributed by atoms with Crippen molar-refractivity contribution in [3.63, 3.8) is 0 Å². The number of rotatable bonds is 4. The van der Waals surface area contributed by atoms with Crippen molar-refractivity contribution in [3.8, 4) is 0 Å². The molecule has 0 unspecified atom stereocenters. The standard InChI is InChI=1S/C15H20FNS/c16-14-10-12(9-11-5-7-17-8-6-11)1-4-15(14)18-13-2-3-13/h1,4,10-11,13,17H,2-3,5-9H2. The summed E-state index contributed by atoms with van der Waals surface area (Å²) in [4.78, 5) is 0.839. The predicted octanol–water partition coefficient (Wildman–Crippen LogP) is 3.62. The highest BCUT2D eigenvalue weighted by Gasteiger charge is 2.24. The Bertz CT molecular complexity index is 411. The maximum absolute atomic E-state index is 14.0. The van der Waals surface area contributed by atoms with Crippen molar-refractivity contribution in [1.82, 2.24) is 5.32 Å². The Hall–Kier alpha value is -0.540. The van der Waals surface area contributed by atoms with Crippen LogP contribution >= 0.6 is 11.8 Å². The zero-order valence-corrected chi connectivity index (χ0v) is 11.4. The van der Waals surface area contributed by atoms with Crippen LogP contribution in [0.2, 0.25) is 0 Å². The molecule has 1 saturated heterocycles. The lowest BCUT2D eigenvalue weighted by atomic mass is 9.91. The molecule has 3 heteroatoms. The number of thioether (sulfide) groups is 1. The summed E-state index contributed by atoms with van der Waals surface area (Å²) in [5, 5.41) is 4.05. The van der Waals surface area contributed by atoms with Crippen LogP contribution < -0.4 is 5.32 Å². The molecule has 1 N–H and O–H groups in total. The second kappa shape index (κ2) is 5.62. The fourth-order valence-corrected chi connectivity index (χ4v) is 3.60. The number of benzene rings is 1. The first kappa shape index (κ1) is 12.5. The van der Waals surface area contributed by atoms with Crippen molar-refractivity contribution in [3.05, 3.63) is 29.6 Å². The van der Waals surface area contributed by atoms with Crippen LogP contribution in [0.4, 0.5) is 4.39 Å². The number of hydrogen-bond donors (Lipinski definition) is 1. The minimum Gasteiger partial charge on any atom is -0.317 e. The van der Waals surface area contributed by atoms with Crippen molar-refractivity contribution in [2.75, 3.05) is 13.1 Å². The van der Waals surface area contributed by atoms with Crippen LogP contribution in [0.25, 0.3) is 0 Å². The van der Waals surface area contributed by atoms with Crippen LogP contribution in [0.1, 0.15) is 31.2 Å². The lowest BCUT2D eigenvalue weighted by Gasteiger charge is -2.22. The molecule has 98 valence electrons. The molecule has 0 atom stereocenters. The second-order valence-electron chi connectivity index (χ2n) is 5.48. The summed E-state index contributed by atoms with van der Waals surface area (Å²) in [5.74, 6) is 0.714. The summed E-state index contributed by atoms with van der Waals surface area (Å²) in [6.45, 7) is 2.23. The summed E-state index contributed by atoms with van der Waals surface area (Å²) in [6.07, 6.45) is 5.98. The van der Waals surface area contributed by atoms with Crippen molar-refractivity contribution in [1.29, 1.82) is 0 Å². The molecule has 1 saturated carbocycles. The lowest BCUT2D eigenvalue weighted by Crippen LogP contribution is -2.28. The quantitative estimate of drug-likeness (QED) is 0.892. The van der Waals surface area contributed by atoms with Crippen LogP contribution in [-0.2, 0) is 6.42 Å². The van der Waals surface area contributed by atoms with E-state index in [4.69, 9.17) is 0 Å². The molecular weight excluding hydrogens is 245 g/mol. The average molecular weight is 265 g/mol. The molecule has 0 aromatic heterocycles. The molecule has 1 aliphatic carbocycles. The highest BCUT2D eigenvalue weighted by Crippen LogP contribution is 2.40. The van der Waals surface area contributed by atoms with Gasteiger partial charge in [-0.2, -0.15) is 0 Å². The third-order valence-electron chi connectivity index (χ3n) is 3.80. The molecule has 1 aromatic carbocycles. The van der Waals surface area contributed by atoms with Crippen LogP contribution in [0.5, 0.6) is 0 Å². The van der Waals surface area contributed by atoms with Crippen LogP contribution in [-0.4, -0.2) is 18.3 Å². The van der Waals surface area contributed by atoms with Gasteiger partial charge in [-0.15, -0.1) is 11.8 Å². The zero-order chi connectivity index (χ0) is 12.4. The van der Waals surface area contributed by atoms with E-state index in [0.717, 1.165) is 30.3 Å². The summed E-state index contributed by atoms with van der Waals surface area (Å²) >= 11 is 1.71. The molecule has 1 heterocycles. The molecule has 2 fully saturated rings. The van der Waals surface area contributed by atoms with E-state index in [0.29, 0.717) is 5.25 Å². The third kappa shape index (κ3) is 3.27. The largest absolute Gasteiger partial charge is 0.317 e. The maximum Gasteiger partial charge on any atom is 0.137 e. The molecule has 0 bridgehead atoms. The van der Waals surface area contributed by atoms with Crippen LogP contribution in [0, 0.1) is 11.7 Å². The predicted molar refractivity (Wildman–Crippen MR) is 74.6 cm³/mol. The van der Waals surface area contributed by atoms with E-state index in [2.05, 4.69) is 11.4 Å². The Morgan fingerprint density at radius 3 is 2.61 bits per heavy atom. The zero-order valence-electron chi connectivity index (χ0n) is 10.6. The minimum absolute atomic E-state index is 0.0154. The molecule has 0 spiro atoms. The summed E-state index contributed by atoms with van der Waals surface area (Å²) in [6, 6.07) is 5.86. The first-order valence-electron chi connectivity index (χ1n) is 6.97. The van der Waals surface area contributed by atoms with Gasteiger partial charge in [-0.1, -0.05) is 6.07 Å². The molecule has 0 radical (unpaired) electrons. The Morgan fingerprint density at radius 1 is 1.17 bits per heavy atom. The van der Waals surface area contributed by atoms with Gasteiger partial charge in [0.2, 0.25) is 0 Å². The first-order valence-corrected chi connectivity index (χ1v) is 7.85. The second-order valence-corrected chi connectivity index (χ2v) is 6.82. The van der Waals surface area contributed by atoms with Gasteiger partial charge in [-0.05, 0) is 68.8 Å². The Labute approximate surface area is 113 Å². The van der Waals surface area contributed by atoms with E-state index in [1.165, 1.54) is 31.2 Å². The number of piperidine rings is 1. The molecule has 1 aliphatic heterocycles. The highest BCUT2D eigenvalue weighted by molar-refractivity contribution is 8.00. The van der Waals surface area contributed by atoms with Gasteiger partial charge < -0.3 is 5.32 Å². The fourth-order valence-electron chi connectivity index (χ4n) is 2.55. The van der Waals surface area contributed by atoms with Crippen molar-refractivity contribution >= 4 is 11.8 Å². The molecule has 3 rings (SSSR count). The molecular formula is C15H20FNS. The van der Waals surface area contributed by atoms with Crippen LogP contribution in [0.3, 0.4) is 0 Å². The van der Waals surface area contributed by atoms with Gasteiger partial charge in [0, 0.05) is 10.1 Å². The molecule has 18 heavy (non-hydrogen) atoms. The fraction of sp³-hybridized carbons (Fsp3) is 0.600. The van der Waals surface area contributed by atoms with Gasteiger partial charge in [0.25, 0.3) is 0 Å². The van der Waals surface area contributed by atoms with E-state index in [9.17, 15) is 4.39 Å². The highest BCUT2D eigenvalue weighted by atomic mass is 32.2. The number of nitrogens with one attached hydrogen (secondary N) is 1. The van der Waals surface area contributed by atoms with E-state index < -0.39 is 0 Å². The van der Waals surface area contributed by atoms with Gasteiger partial charge >= 0.3 is 0 Å². The van der Waals surface area contributed by atoms with E-state index in [1.807, 2.05) is 6.07 Å². The molecule has 1 aromatic rings. The summed E-state index contributed by atoms with van der Waals surface area (Å²) in [5.41, 5.74) is 1.17. The van der Waals surface area contributed by atoms with Crippen molar-refractivity contribution < 1.29 is 4.39 Å². The van der Waals surface area contributed by atoms with Crippen molar-refractivity contribution in [2.24, 2.45) is 5.92 Å². The molecule has 2 aliphatic rings. The average Bonchev–Trinajstić information content (AvgIpc) is 3.18. The van der Waals surface area contributed by atoms with E-state index >= 15 is 0 Å². The molecule has 0 amide bonds. The monoisotopic (exact) mass is 265 g/mol. The van der Waals surface area contributed by atoms with Gasteiger partial charge in [-0.25, -0.2) is 4.39 Å². The van der Waals surface area contributed by atoms with Gasteiger partial charge in [0.05, 0.1) is 0 Å². The van der Waals surface area contributed by atoms with Gasteiger partial charge in [0.15, 0.2) is 0 Å². The number of hydrogen-bond acceptors (Lipinski definition) is 2. The van der Waals surface area contributed by atoms with Gasteiger partial charge in [-0.3, -0.25) is 0 Å². The Morgan fingerprint density at radius 2 is 1.94 bits per heavy atom. The SMILES string of the molecule is Fc1cc(CC2CCNCC2)ccc1SC1CC1.